The van der Waals surface area contributed by atoms with Gasteiger partial charge in [0.2, 0.25) is 0 Å². The van der Waals surface area contributed by atoms with Gasteiger partial charge in [0.05, 0.1) is 0 Å². The lowest BCUT2D eigenvalue weighted by molar-refractivity contribution is -0.104. The van der Waals surface area contributed by atoms with E-state index in [9.17, 15) is 4.79 Å². The first-order chi connectivity index (χ1) is 8.13. The monoisotopic (exact) mass is 229 g/mol. The number of carbonyl (C=O) groups is 1. The third-order valence-corrected chi connectivity index (χ3v) is 3.64. The maximum Gasteiger partial charge on any atom is 0.143 e. The van der Waals surface area contributed by atoms with Gasteiger partial charge >= 0.3 is 0 Å². The summed E-state index contributed by atoms with van der Waals surface area (Å²) in [5.41, 5.74) is 4.91. The van der Waals surface area contributed by atoms with Crippen LogP contribution >= 0.6 is 0 Å². The van der Waals surface area contributed by atoms with Crippen LogP contribution < -0.4 is 4.90 Å². The quantitative estimate of drug-likeness (QED) is 0.573. The van der Waals surface area contributed by atoms with Crippen LogP contribution in [0.3, 0.4) is 0 Å². The number of aldehydes is 1. The van der Waals surface area contributed by atoms with E-state index in [1.54, 1.807) is 6.08 Å². The number of hydrogen-bond donors (Lipinski definition) is 0. The van der Waals surface area contributed by atoms with Crippen molar-refractivity contribution in [2.75, 3.05) is 18.5 Å². The second-order valence-electron chi connectivity index (χ2n) is 4.87. The van der Waals surface area contributed by atoms with Crippen molar-refractivity contribution in [2.45, 2.75) is 26.2 Å². The maximum absolute atomic E-state index is 10.5. The first-order valence-corrected chi connectivity index (χ1v) is 6.11. The summed E-state index contributed by atoms with van der Waals surface area (Å²) in [4.78, 5) is 12.8. The van der Waals surface area contributed by atoms with Gasteiger partial charge in [-0.15, -0.1) is 0 Å². The summed E-state index contributed by atoms with van der Waals surface area (Å²) in [6.07, 6.45) is 3.67. The Labute approximate surface area is 103 Å². The van der Waals surface area contributed by atoms with E-state index >= 15 is 0 Å². The maximum atomic E-state index is 10.5. The van der Waals surface area contributed by atoms with Crippen molar-refractivity contribution < 1.29 is 4.79 Å². The van der Waals surface area contributed by atoms with Gasteiger partial charge < -0.3 is 4.90 Å². The molecule has 1 aliphatic rings. The Morgan fingerprint density at radius 1 is 1.47 bits per heavy atom. The van der Waals surface area contributed by atoms with E-state index in [0.29, 0.717) is 5.92 Å². The van der Waals surface area contributed by atoms with Crippen LogP contribution in [0.1, 0.15) is 37.3 Å². The SMILES string of the molecule is C/C(=C\C=O)c1ccc2c(c1)C(C)CCN2C. The van der Waals surface area contributed by atoms with E-state index in [1.165, 1.54) is 17.7 Å². The van der Waals surface area contributed by atoms with Gasteiger partial charge in [-0.05, 0) is 54.2 Å². The van der Waals surface area contributed by atoms with Crippen molar-refractivity contribution >= 4 is 17.5 Å². The number of rotatable bonds is 2. The van der Waals surface area contributed by atoms with Crippen LogP contribution in [0.15, 0.2) is 24.3 Å². The topological polar surface area (TPSA) is 20.3 Å². The fourth-order valence-electron chi connectivity index (χ4n) is 2.40. The van der Waals surface area contributed by atoms with Crippen molar-refractivity contribution in [3.63, 3.8) is 0 Å². The molecule has 0 aromatic heterocycles. The molecule has 17 heavy (non-hydrogen) atoms. The van der Waals surface area contributed by atoms with Gasteiger partial charge in [0.25, 0.3) is 0 Å². The van der Waals surface area contributed by atoms with Gasteiger partial charge in [0.1, 0.15) is 6.29 Å². The molecule has 2 nitrogen and oxygen atoms in total. The van der Waals surface area contributed by atoms with E-state index in [4.69, 9.17) is 0 Å². The minimum atomic E-state index is 0.602. The number of carbonyl (C=O) groups excluding carboxylic acids is 1. The second kappa shape index (κ2) is 4.74. The van der Waals surface area contributed by atoms with E-state index in [-0.39, 0.29) is 0 Å². The highest BCUT2D eigenvalue weighted by Gasteiger charge is 2.19. The molecule has 0 aliphatic carbocycles. The molecule has 0 fully saturated rings. The molecule has 1 unspecified atom stereocenters. The molecule has 0 radical (unpaired) electrons. The van der Waals surface area contributed by atoms with Gasteiger partial charge in [-0.25, -0.2) is 0 Å². The van der Waals surface area contributed by atoms with Crippen LogP contribution in [-0.4, -0.2) is 19.9 Å². The van der Waals surface area contributed by atoms with Crippen molar-refractivity contribution in [1.29, 1.82) is 0 Å². The third kappa shape index (κ3) is 2.26. The molecule has 0 N–H and O–H groups in total. The molecule has 2 rings (SSSR count). The highest BCUT2D eigenvalue weighted by atomic mass is 16.1. The van der Waals surface area contributed by atoms with Gasteiger partial charge in [-0.2, -0.15) is 0 Å². The summed E-state index contributed by atoms with van der Waals surface area (Å²) < 4.78 is 0. The number of anilines is 1. The van der Waals surface area contributed by atoms with Gasteiger partial charge in [-0.1, -0.05) is 13.0 Å². The average Bonchev–Trinajstić information content (AvgIpc) is 2.34. The van der Waals surface area contributed by atoms with E-state index in [2.05, 4.69) is 37.1 Å². The Kier molecular flexibility index (Phi) is 3.32. The van der Waals surface area contributed by atoms with Crippen LogP contribution in [0.5, 0.6) is 0 Å². The molecule has 0 saturated heterocycles. The number of nitrogens with zero attached hydrogens (tertiary/aromatic N) is 1. The Morgan fingerprint density at radius 3 is 2.94 bits per heavy atom. The minimum Gasteiger partial charge on any atom is -0.374 e. The van der Waals surface area contributed by atoms with Crippen molar-refractivity contribution in [1.82, 2.24) is 0 Å². The highest BCUT2D eigenvalue weighted by molar-refractivity contribution is 5.81. The number of benzene rings is 1. The molecule has 0 bridgehead atoms. The first kappa shape index (κ1) is 11.9. The van der Waals surface area contributed by atoms with Crippen LogP contribution in [0.25, 0.3) is 5.57 Å². The van der Waals surface area contributed by atoms with Crippen LogP contribution in [0, 0.1) is 0 Å². The van der Waals surface area contributed by atoms with Gasteiger partial charge in [-0.3, -0.25) is 4.79 Å². The molecule has 0 saturated carbocycles. The fourth-order valence-corrected chi connectivity index (χ4v) is 2.40. The minimum absolute atomic E-state index is 0.602. The predicted molar refractivity (Wildman–Crippen MR) is 72.5 cm³/mol. The summed E-state index contributed by atoms with van der Waals surface area (Å²) in [5.74, 6) is 0.602. The predicted octanol–water partition coefficient (Wildman–Crippen LogP) is 3.23. The lowest BCUT2D eigenvalue weighted by Gasteiger charge is -2.32. The number of hydrogen-bond acceptors (Lipinski definition) is 2. The zero-order chi connectivity index (χ0) is 12.4. The van der Waals surface area contributed by atoms with Crippen LogP contribution in [-0.2, 0) is 4.79 Å². The van der Waals surface area contributed by atoms with E-state index in [1.807, 2.05) is 6.92 Å². The molecule has 1 aromatic carbocycles. The lowest BCUT2D eigenvalue weighted by Crippen LogP contribution is -2.26. The standard InChI is InChI=1S/C15H19NO/c1-11(7-9-17)13-4-5-15-14(10-13)12(2)6-8-16(15)3/h4-5,7,9-10,12H,6,8H2,1-3H3/b11-7+. The van der Waals surface area contributed by atoms with Crippen LogP contribution in [0.2, 0.25) is 0 Å². The molecule has 90 valence electrons. The molecule has 1 heterocycles. The average molecular weight is 229 g/mol. The Hall–Kier alpha value is -1.57. The summed E-state index contributed by atoms with van der Waals surface area (Å²) in [5, 5.41) is 0. The Bertz CT molecular complexity index is 462. The summed E-state index contributed by atoms with van der Waals surface area (Å²) in [6.45, 7) is 5.37. The molecule has 0 spiro atoms. The lowest BCUT2D eigenvalue weighted by atomic mass is 9.89. The van der Waals surface area contributed by atoms with Crippen molar-refractivity contribution in [2.24, 2.45) is 0 Å². The van der Waals surface area contributed by atoms with Crippen molar-refractivity contribution in [3.05, 3.63) is 35.4 Å². The van der Waals surface area contributed by atoms with E-state index in [0.717, 1.165) is 24.0 Å². The summed E-state index contributed by atoms with van der Waals surface area (Å²) >= 11 is 0. The summed E-state index contributed by atoms with van der Waals surface area (Å²) in [6, 6.07) is 6.50. The highest BCUT2D eigenvalue weighted by Crippen LogP contribution is 2.35. The molecule has 2 heteroatoms. The molecule has 1 aliphatic heterocycles. The number of fused-ring (bicyclic) bond motifs is 1. The van der Waals surface area contributed by atoms with Crippen molar-refractivity contribution in [3.8, 4) is 0 Å². The molecular weight excluding hydrogens is 210 g/mol. The molecule has 0 amide bonds. The fraction of sp³-hybridized carbons (Fsp3) is 0.400. The normalized spacial score (nSPS) is 20.1. The first-order valence-electron chi connectivity index (χ1n) is 6.11. The van der Waals surface area contributed by atoms with Crippen LogP contribution in [0.4, 0.5) is 5.69 Å². The third-order valence-electron chi connectivity index (χ3n) is 3.64. The van der Waals surface area contributed by atoms with Gasteiger partial charge in [0, 0.05) is 19.3 Å². The van der Waals surface area contributed by atoms with E-state index < -0.39 is 0 Å². The molecular formula is C15H19NO. The second-order valence-corrected chi connectivity index (χ2v) is 4.87. The van der Waals surface area contributed by atoms with Gasteiger partial charge in [0.15, 0.2) is 0 Å². The molecule has 1 atom stereocenters. The summed E-state index contributed by atoms with van der Waals surface area (Å²) in [7, 11) is 2.14. The largest absolute Gasteiger partial charge is 0.374 e. The molecule has 1 aromatic rings. The smallest absolute Gasteiger partial charge is 0.143 e. The zero-order valence-corrected chi connectivity index (χ0v) is 10.7. The zero-order valence-electron chi connectivity index (χ0n) is 10.7. The number of allylic oxidation sites excluding steroid dienone is 2. The Balaban J connectivity index is 2.45. The Morgan fingerprint density at radius 2 is 2.24 bits per heavy atom.